The molecule has 1 fully saturated rings. The first-order chi connectivity index (χ1) is 6.47. The standard InChI is InChI=1S/C11H24N2O/c1-10-9-13(7-8-14-10)6-4-5-11(2,3)12/h10H,4-9,12H2,1-3H3. The number of hydrogen-bond donors (Lipinski definition) is 1. The smallest absolute Gasteiger partial charge is 0.0674 e. The third-order valence-electron chi connectivity index (χ3n) is 2.62. The summed E-state index contributed by atoms with van der Waals surface area (Å²) in [5, 5.41) is 0. The van der Waals surface area contributed by atoms with Crippen molar-refractivity contribution in [3.8, 4) is 0 Å². The SMILES string of the molecule is CC1CN(CCCC(C)(C)N)CCO1. The molecule has 1 rings (SSSR count). The molecule has 14 heavy (non-hydrogen) atoms. The van der Waals surface area contributed by atoms with Crippen LogP contribution in [0.1, 0.15) is 33.6 Å². The molecular formula is C11H24N2O. The summed E-state index contributed by atoms with van der Waals surface area (Å²) in [5.41, 5.74) is 5.92. The van der Waals surface area contributed by atoms with Gasteiger partial charge in [0, 0.05) is 18.6 Å². The Bertz CT molecular complexity index is 165. The van der Waals surface area contributed by atoms with Gasteiger partial charge in [0.1, 0.15) is 0 Å². The van der Waals surface area contributed by atoms with Crippen LogP contribution in [0.25, 0.3) is 0 Å². The Morgan fingerprint density at radius 3 is 2.79 bits per heavy atom. The lowest BCUT2D eigenvalue weighted by Gasteiger charge is -2.31. The first kappa shape index (κ1) is 12.0. The van der Waals surface area contributed by atoms with Crippen LogP contribution in [0.5, 0.6) is 0 Å². The minimum Gasteiger partial charge on any atom is -0.376 e. The van der Waals surface area contributed by atoms with Crippen LogP contribution in [0.3, 0.4) is 0 Å². The van der Waals surface area contributed by atoms with Crippen LogP contribution < -0.4 is 5.73 Å². The first-order valence-electron chi connectivity index (χ1n) is 5.60. The van der Waals surface area contributed by atoms with Crippen molar-refractivity contribution in [1.82, 2.24) is 4.90 Å². The minimum atomic E-state index is -0.0160. The summed E-state index contributed by atoms with van der Waals surface area (Å²) < 4.78 is 5.49. The van der Waals surface area contributed by atoms with Gasteiger partial charge in [0.15, 0.2) is 0 Å². The van der Waals surface area contributed by atoms with Crippen molar-refractivity contribution < 1.29 is 4.74 Å². The third kappa shape index (κ3) is 4.94. The molecule has 1 aliphatic heterocycles. The van der Waals surface area contributed by atoms with Crippen LogP contribution in [0.15, 0.2) is 0 Å². The van der Waals surface area contributed by atoms with E-state index in [2.05, 4.69) is 25.7 Å². The Balaban J connectivity index is 2.12. The van der Waals surface area contributed by atoms with Gasteiger partial charge in [0.2, 0.25) is 0 Å². The van der Waals surface area contributed by atoms with E-state index in [4.69, 9.17) is 10.5 Å². The van der Waals surface area contributed by atoms with Crippen molar-refractivity contribution in [2.75, 3.05) is 26.2 Å². The summed E-state index contributed by atoms with van der Waals surface area (Å²) in [6.07, 6.45) is 2.68. The van der Waals surface area contributed by atoms with E-state index in [9.17, 15) is 0 Å². The van der Waals surface area contributed by atoms with Crippen LogP contribution in [0.2, 0.25) is 0 Å². The Morgan fingerprint density at radius 2 is 2.21 bits per heavy atom. The fourth-order valence-electron chi connectivity index (χ4n) is 1.85. The molecule has 0 spiro atoms. The predicted molar refractivity (Wildman–Crippen MR) is 59.4 cm³/mol. The quantitative estimate of drug-likeness (QED) is 0.741. The van der Waals surface area contributed by atoms with Gasteiger partial charge in [-0.25, -0.2) is 0 Å². The Morgan fingerprint density at radius 1 is 1.50 bits per heavy atom. The highest BCUT2D eigenvalue weighted by Crippen LogP contribution is 2.10. The van der Waals surface area contributed by atoms with Gasteiger partial charge in [0.05, 0.1) is 12.7 Å². The van der Waals surface area contributed by atoms with Gasteiger partial charge in [-0.3, -0.25) is 4.90 Å². The highest BCUT2D eigenvalue weighted by atomic mass is 16.5. The van der Waals surface area contributed by atoms with Crippen molar-refractivity contribution in [2.24, 2.45) is 5.73 Å². The third-order valence-corrected chi connectivity index (χ3v) is 2.62. The summed E-state index contributed by atoms with van der Waals surface area (Å²) in [6, 6.07) is 0. The average Bonchev–Trinajstić information content (AvgIpc) is 2.01. The maximum Gasteiger partial charge on any atom is 0.0674 e. The molecule has 0 aliphatic carbocycles. The topological polar surface area (TPSA) is 38.5 Å². The fraction of sp³-hybridized carbons (Fsp3) is 1.00. The van der Waals surface area contributed by atoms with E-state index in [-0.39, 0.29) is 5.54 Å². The van der Waals surface area contributed by atoms with Gasteiger partial charge < -0.3 is 10.5 Å². The number of rotatable bonds is 4. The second kappa shape index (κ2) is 5.10. The van der Waals surface area contributed by atoms with Gasteiger partial charge in [-0.1, -0.05) is 0 Å². The molecule has 0 aromatic rings. The lowest BCUT2D eigenvalue weighted by atomic mass is 10.00. The molecule has 0 radical (unpaired) electrons. The Hall–Kier alpha value is -0.120. The van der Waals surface area contributed by atoms with E-state index in [1.807, 2.05) is 0 Å². The highest BCUT2D eigenvalue weighted by molar-refractivity contribution is 4.74. The number of morpholine rings is 1. The summed E-state index contributed by atoms with van der Waals surface area (Å²) >= 11 is 0. The molecule has 3 nitrogen and oxygen atoms in total. The lowest BCUT2D eigenvalue weighted by Crippen LogP contribution is -2.42. The van der Waals surface area contributed by atoms with Gasteiger partial charge in [-0.15, -0.1) is 0 Å². The predicted octanol–water partition coefficient (Wildman–Crippen LogP) is 1.22. The molecule has 0 aromatic heterocycles. The van der Waals surface area contributed by atoms with Gasteiger partial charge in [-0.2, -0.15) is 0 Å². The zero-order valence-corrected chi connectivity index (χ0v) is 9.75. The molecule has 0 bridgehead atoms. The molecule has 1 unspecified atom stereocenters. The van der Waals surface area contributed by atoms with Crippen molar-refractivity contribution in [3.63, 3.8) is 0 Å². The summed E-state index contributed by atoms with van der Waals surface area (Å²) in [7, 11) is 0. The van der Waals surface area contributed by atoms with E-state index in [1.54, 1.807) is 0 Å². The van der Waals surface area contributed by atoms with E-state index in [0.717, 1.165) is 32.7 Å². The number of hydrogen-bond acceptors (Lipinski definition) is 3. The van der Waals surface area contributed by atoms with Crippen molar-refractivity contribution >= 4 is 0 Å². The van der Waals surface area contributed by atoms with Crippen LogP contribution in [-0.4, -0.2) is 42.8 Å². The molecule has 84 valence electrons. The van der Waals surface area contributed by atoms with Crippen LogP contribution in [0.4, 0.5) is 0 Å². The van der Waals surface area contributed by atoms with Gasteiger partial charge in [-0.05, 0) is 40.2 Å². The van der Waals surface area contributed by atoms with E-state index < -0.39 is 0 Å². The summed E-state index contributed by atoms with van der Waals surface area (Å²) in [5.74, 6) is 0. The normalized spacial score (nSPS) is 25.3. The van der Waals surface area contributed by atoms with Crippen molar-refractivity contribution in [2.45, 2.75) is 45.3 Å². The molecule has 2 N–H and O–H groups in total. The molecule has 0 saturated carbocycles. The average molecular weight is 200 g/mol. The van der Waals surface area contributed by atoms with Gasteiger partial charge in [0.25, 0.3) is 0 Å². The Labute approximate surface area is 87.6 Å². The molecule has 3 heteroatoms. The fourth-order valence-corrected chi connectivity index (χ4v) is 1.85. The zero-order chi connectivity index (χ0) is 10.6. The van der Waals surface area contributed by atoms with Crippen molar-refractivity contribution in [3.05, 3.63) is 0 Å². The lowest BCUT2D eigenvalue weighted by molar-refractivity contribution is -0.0188. The number of nitrogens with zero attached hydrogens (tertiary/aromatic N) is 1. The zero-order valence-electron chi connectivity index (χ0n) is 9.75. The first-order valence-corrected chi connectivity index (χ1v) is 5.60. The summed E-state index contributed by atoms with van der Waals surface area (Å²) in [6.45, 7) is 10.5. The molecular weight excluding hydrogens is 176 g/mol. The summed E-state index contributed by atoms with van der Waals surface area (Å²) in [4.78, 5) is 2.47. The second-order valence-electron chi connectivity index (χ2n) is 5.07. The molecule has 1 heterocycles. The Kier molecular flexibility index (Phi) is 4.35. The van der Waals surface area contributed by atoms with Crippen LogP contribution in [-0.2, 0) is 4.74 Å². The number of ether oxygens (including phenoxy) is 1. The molecule has 1 saturated heterocycles. The largest absolute Gasteiger partial charge is 0.376 e. The highest BCUT2D eigenvalue weighted by Gasteiger charge is 2.17. The second-order valence-corrected chi connectivity index (χ2v) is 5.07. The minimum absolute atomic E-state index is 0.0160. The number of nitrogens with two attached hydrogens (primary N) is 1. The molecule has 1 atom stereocenters. The van der Waals surface area contributed by atoms with Crippen molar-refractivity contribution in [1.29, 1.82) is 0 Å². The molecule has 1 aliphatic rings. The molecule has 0 aromatic carbocycles. The van der Waals surface area contributed by atoms with Crippen LogP contribution in [0, 0.1) is 0 Å². The van der Waals surface area contributed by atoms with Crippen LogP contribution >= 0.6 is 0 Å². The molecule has 0 amide bonds. The maximum absolute atomic E-state index is 5.94. The van der Waals surface area contributed by atoms with E-state index in [1.165, 1.54) is 6.42 Å². The van der Waals surface area contributed by atoms with Gasteiger partial charge >= 0.3 is 0 Å². The monoisotopic (exact) mass is 200 g/mol. The van der Waals surface area contributed by atoms with E-state index >= 15 is 0 Å². The van der Waals surface area contributed by atoms with E-state index in [0.29, 0.717) is 6.10 Å². The maximum atomic E-state index is 5.94.